The second kappa shape index (κ2) is 11.4. The molecule has 2 heterocycles. The van der Waals surface area contributed by atoms with Gasteiger partial charge >= 0.3 is 46.0 Å². The topological polar surface area (TPSA) is 217 Å². The minimum atomic E-state index is -4.95. The zero-order chi connectivity index (χ0) is 21.8. The fourth-order valence-corrected chi connectivity index (χ4v) is 3.86. The van der Waals surface area contributed by atoms with Crippen LogP contribution in [0.1, 0.15) is 5.69 Å². The minimum absolute atomic E-state index is 0. The molecule has 0 unspecified atom stereocenters. The van der Waals surface area contributed by atoms with Crippen LogP contribution in [0.25, 0.3) is 0 Å². The molecule has 1 saturated heterocycles. The van der Waals surface area contributed by atoms with Gasteiger partial charge in [0.2, 0.25) is 0 Å². The number of carbonyl (C=O) groups is 3. The van der Waals surface area contributed by atoms with Gasteiger partial charge in [-0.15, -0.1) is 11.3 Å². The van der Waals surface area contributed by atoms with Crippen LogP contribution >= 0.6 is 33.9 Å². The summed E-state index contributed by atoms with van der Waals surface area (Å²) >= 11 is 3.06. The number of hydrogen-bond donors (Lipinski definition) is 4. The maximum atomic E-state index is 12.6. The summed E-state index contributed by atoms with van der Waals surface area (Å²) in [6, 6.07) is -2.86. The molecule has 2 atom stereocenters. The van der Waals surface area contributed by atoms with Crippen molar-refractivity contribution in [1.29, 1.82) is 0 Å². The van der Waals surface area contributed by atoms with Crippen LogP contribution in [-0.4, -0.2) is 105 Å². The van der Waals surface area contributed by atoms with Crippen LogP contribution in [0, 0.1) is 0 Å². The number of alkyl halides is 1. The molecule has 0 aliphatic carbocycles. The number of nitrogen functional groups attached to an aromatic ring is 1. The van der Waals surface area contributed by atoms with E-state index in [1.165, 1.54) is 5.38 Å². The molecular formula is C12H16IN6NaO8S2. The van der Waals surface area contributed by atoms with Gasteiger partial charge in [-0.2, -0.15) is 8.42 Å². The molecule has 3 amide bonds. The van der Waals surface area contributed by atoms with E-state index in [0.29, 0.717) is 4.43 Å². The van der Waals surface area contributed by atoms with E-state index < -0.39 is 46.9 Å². The van der Waals surface area contributed by atoms with Crippen LogP contribution in [0.4, 0.5) is 9.93 Å². The summed E-state index contributed by atoms with van der Waals surface area (Å²) in [5, 5.41) is 7.53. The molecule has 6 N–H and O–H groups in total. The van der Waals surface area contributed by atoms with Crippen molar-refractivity contribution in [3.63, 3.8) is 0 Å². The van der Waals surface area contributed by atoms with E-state index in [-0.39, 0.29) is 57.0 Å². The van der Waals surface area contributed by atoms with E-state index in [9.17, 15) is 22.8 Å². The predicted molar refractivity (Wildman–Crippen MR) is 115 cm³/mol. The zero-order valence-corrected chi connectivity index (χ0v) is 18.1. The van der Waals surface area contributed by atoms with Crippen LogP contribution in [0.15, 0.2) is 10.5 Å². The normalized spacial score (nSPS) is 18.8. The summed E-state index contributed by atoms with van der Waals surface area (Å²) in [6.07, 6.45) is -1.24. The van der Waals surface area contributed by atoms with Gasteiger partial charge in [-0.05, 0) is 0 Å². The molecule has 0 saturated carbocycles. The van der Waals surface area contributed by atoms with Crippen molar-refractivity contribution < 1.29 is 36.9 Å². The van der Waals surface area contributed by atoms with Crippen molar-refractivity contribution >= 4 is 103 Å². The van der Waals surface area contributed by atoms with Crippen molar-refractivity contribution in [3.8, 4) is 0 Å². The number of thiazole rings is 1. The molecule has 1 aromatic heterocycles. The molecule has 14 nitrogen and oxygen atoms in total. The van der Waals surface area contributed by atoms with E-state index >= 15 is 0 Å². The Balaban J connectivity index is 0.00000450. The average molecular weight is 586 g/mol. The average Bonchev–Trinajstić information content (AvgIpc) is 3.04. The molecule has 0 aromatic carbocycles. The number of carbonyl (C=O) groups excluding carboxylic acids is 3. The number of ether oxygens (including phenoxy) is 1. The van der Waals surface area contributed by atoms with Crippen molar-refractivity contribution in [3.05, 3.63) is 11.1 Å². The van der Waals surface area contributed by atoms with Crippen molar-refractivity contribution in [2.45, 2.75) is 12.1 Å². The molecule has 1 aliphatic heterocycles. The van der Waals surface area contributed by atoms with Gasteiger partial charge in [0.05, 0.1) is 0 Å². The Morgan fingerprint density at radius 2 is 2.13 bits per heavy atom. The number of hydrogen-bond acceptors (Lipinski definition) is 11. The summed E-state index contributed by atoms with van der Waals surface area (Å²) in [7, 11) is -4.95. The Hall–Kier alpha value is -1.25. The first-order valence-electron chi connectivity index (χ1n) is 7.57. The molecule has 18 heteroatoms. The Bertz CT molecular complexity index is 941. The Morgan fingerprint density at radius 3 is 2.63 bits per heavy atom. The number of amides is 3. The number of nitrogens with one attached hydrogen (secondary N) is 1. The SMILES string of the molecule is NC(=O)OC[C@@H]1[C@H](NC(=O)/C(=N\OCCI)c2csc(N)n2)C(=O)N1S(=O)(=O)O.[NaH]. The van der Waals surface area contributed by atoms with Gasteiger partial charge < -0.3 is 26.4 Å². The van der Waals surface area contributed by atoms with Gasteiger partial charge in [0.25, 0.3) is 11.8 Å². The van der Waals surface area contributed by atoms with E-state index in [0.717, 1.165) is 11.3 Å². The third-order valence-corrected chi connectivity index (χ3v) is 5.47. The number of oxime groups is 1. The summed E-state index contributed by atoms with van der Waals surface area (Å²) < 4.78 is 37.0. The molecule has 1 aromatic rings. The van der Waals surface area contributed by atoms with E-state index in [1.807, 2.05) is 22.6 Å². The summed E-state index contributed by atoms with van der Waals surface area (Å²) in [5.41, 5.74) is 10.1. The first-order chi connectivity index (χ1) is 13.6. The number of aromatic nitrogens is 1. The molecule has 1 aliphatic rings. The molecular weight excluding hydrogens is 570 g/mol. The fourth-order valence-electron chi connectivity index (χ4n) is 2.25. The number of nitrogens with zero attached hydrogens (tertiary/aromatic N) is 3. The maximum absolute atomic E-state index is 12.6. The Morgan fingerprint density at radius 1 is 1.47 bits per heavy atom. The van der Waals surface area contributed by atoms with Crippen LogP contribution < -0.4 is 16.8 Å². The van der Waals surface area contributed by atoms with Crippen molar-refractivity contribution in [2.75, 3.05) is 23.4 Å². The van der Waals surface area contributed by atoms with Gasteiger partial charge in [0, 0.05) is 9.81 Å². The monoisotopic (exact) mass is 586 g/mol. The Labute approximate surface area is 210 Å². The van der Waals surface area contributed by atoms with Gasteiger partial charge in [0.1, 0.15) is 31.0 Å². The fraction of sp³-hybridized carbons (Fsp3) is 0.417. The quantitative estimate of drug-likeness (QED) is 0.0359. The molecule has 1 fully saturated rings. The predicted octanol–water partition coefficient (Wildman–Crippen LogP) is -2.17. The van der Waals surface area contributed by atoms with Crippen LogP contribution in [0.3, 0.4) is 0 Å². The standard InChI is InChI=1S/C12H15IN6O8S2.Na.H/c13-1-2-27-18-7(5-4-28-11(14)16-5)9(20)17-8-6(3-26-12(15)22)19(10(8)21)29(23,24)25;;/h4,6,8H,1-3H2,(H2,14,16)(H2,15,22)(H,17,20)(H,23,24,25);;/b18-7-;;/t6-,8+;;/m1../s1. The number of halogens is 1. The summed E-state index contributed by atoms with van der Waals surface area (Å²) in [6.45, 7) is -0.502. The third-order valence-electron chi connectivity index (χ3n) is 3.40. The van der Waals surface area contributed by atoms with Gasteiger partial charge in [0.15, 0.2) is 10.8 Å². The number of β-lactam (4-membered cyclic amide) rings is 1. The molecule has 0 bridgehead atoms. The third kappa shape index (κ3) is 6.62. The first kappa shape index (κ1) is 26.8. The van der Waals surface area contributed by atoms with E-state index in [2.05, 4.69) is 20.2 Å². The van der Waals surface area contributed by atoms with E-state index in [1.54, 1.807) is 0 Å². The molecule has 162 valence electrons. The van der Waals surface area contributed by atoms with Crippen molar-refractivity contribution in [1.82, 2.24) is 14.6 Å². The number of rotatable bonds is 9. The van der Waals surface area contributed by atoms with Crippen molar-refractivity contribution in [2.24, 2.45) is 10.9 Å². The second-order valence-corrected chi connectivity index (χ2v) is 8.55. The first-order valence-corrected chi connectivity index (χ1v) is 11.4. The molecule has 30 heavy (non-hydrogen) atoms. The van der Waals surface area contributed by atoms with Crippen LogP contribution in [0.5, 0.6) is 0 Å². The van der Waals surface area contributed by atoms with E-state index in [4.69, 9.17) is 20.9 Å². The van der Waals surface area contributed by atoms with Gasteiger partial charge in [-0.25, -0.2) is 14.1 Å². The molecule has 0 radical (unpaired) electrons. The van der Waals surface area contributed by atoms with Gasteiger partial charge in [-0.3, -0.25) is 14.1 Å². The molecule has 2 rings (SSSR count). The van der Waals surface area contributed by atoms with Crippen LogP contribution in [0.2, 0.25) is 0 Å². The van der Waals surface area contributed by atoms with Gasteiger partial charge in [-0.1, -0.05) is 27.7 Å². The summed E-state index contributed by atoms with van der Waals surface area (Å²) in [5.74, 6) is -2.08. The Kier molecular flexibility index (Phi) is 10.2. The zero-order valence-electron chi connectivity index (χ0n) is 14.3. The molecule has 0 spiro atoms. The number of primary amides is 1. The van der Waals surface area contributed by atoms with Crippen LogP contribution in [-0.2, 0) is 29.5 Å². The second-order valence-electron chi connectivity index (χ2n) is 5.29. The number of anilines is 1. The summed E-state index contributed by atoms with van der Waals surface area (Å²) in [4.78, 5) is 44.4. The number of nitrogens with two attached hydrogens (primary N) is 2.